The predicted molar refractivity (Wildman–Crippen MR) is 97.5 cm³/mol. The number of hydrogen-bond donors (Lipinski definition) is 1. The van der Waals surface area contributed by atoms with Gasteiger partial charge in [0.15, 0.2) is 5.96 Å². The molecular weight excluding hydrogens is 300 g/mol. The van der Waals surface area contributed by atoms with Crippen LogP contribution in [0.4, 0.5) is 5.69 Å². The second-order valence-electron chi connectivity index (χ2n) is 5.96. The maximum atomic E-state index is 4.78. The fourth-order valence-electron chi connectivity index (χ4n) is 3.04. The van der Waals surface area contributed by atoms with Crippen molar-refractivity contribution >= 4 is 11.6 Å². The average Bonchev–Trinajstić information content (AvgIpc) is 3.24. The van der Waals surface area contributed by atoms with Gasteiger partial charge >= 0.3 is 0 Å². The van der Waals surface area contributed by atoms with E-state index in [0.717, 1.165) is 57.2 Å². The summed E-state index contributed by atoms with van der Waals surface area (Å²) in [5, 5.41) is 11.7. The van der Waals surface area contributed by atoms with Crippen molar-refractivity contribution in [3.8, 4) is 0 Å². The summed E-state index contributed by atoms with van der Waals surface area (Å²) in [7, 11) is 0. The molecule has 1 aliphatic heterocycles. The summed E-state index contributed by atoms with van der Waals surface area (Å²) in [6, 6.07) is 8.59. The largest absolute Gasteiger partial charge is 0.354 e. The fraction of sp³-hybridized carbons (Fsp3) is 0.500. The minimum atomic E-state index is 0.812. The van der Waals surface area contributed by atoms with Crippen LogP contribution in [0.2, 0.25) is 0 Å². The van der Waals surface area contributed by atoms with Crippen molar-refractivity contribution in [2.24, 2.45) is 4.99 Å². The molecule has 2 aromatic rings. The Kier molecular flexibility index (Phi) is 5.46. The van der Waals surface area contributed by atoms with Gasteiger partial charge in [-0.15, -0.1) is 10.2 Å². The number of fused-ring (bicyclic) bond motifs is 1. The number of para-hydroxylation sites is 1. The van der Waals surface area contributed by atoms with Crippen LogP contribution in [0.15, 0.2) is 35.6 Å². The third-order valence-corrected chi connectivity index (χ3v) is 4.28. The van der Waals surface area contributed by atoms with E-state index in [4.69, 9.17) is 4.99 Å². The summed E-state index contributed by atoms with van der Waals surface area (Å²) in [6.45, 7) is 7.74. The van der Waals surface area contributed by atoms with Crippen molar-refractivity contribution in [1.82, 2.24) is 20.1 Å². The Labute approximate surface area is 143 Å². The molecule has 0 saturated heterocycles. The van der Waals surface area contributed by atoms with Gasteiger partial charge in [0.2, 0.25) is 0 Å². The number of benzene rings is 1. The van der Waals surface area contributed by atoms with Crippen LogP contribution in [-0.4, -0.2) is 40.4 Å². The Hall–Kier alpha value is -2.37. The number of aliphatic imine (C=N–C) groups is 1. The normalized spacial score (nSPS) is 14.1. The minimum absolute atomic E-state index is 0.812. The second-order valence-corrected chi connectivity index (χ2v) is 5.96. The molecule has 24 heavy (non-hydrogen) atoms. The molecule has 0 unspecified atom stereocenters. The molecule has 6 heteroatoms. The summed E-state index contributed by atoms with van der Waals surface area (Å²) in [5.74, 6) is 2.00. The van der Waals surface area contributed by atoms with E-state index in [1.165, 1.54) is 11.3 Å². The van der Waals surface area contributed by atoms with E-state index < -0.39 is 0 Å². The lowest BCUT2D eigenvalue weighted by atomic mass is 10.2. The summed E-state index contributed by atoms with van der Waals surface area (Å²) < 4.78 is 2.10. The van der Waals surface area contributed by atoms with E-state index in [-0.39, 0.29) is 0 Å². The third kappa shape index (κ3) is 3.58. The zero-order chi connectivity index (χ0) is 16.8. The maximum Gasteiger partial charge on any atom is 0.198 e. The van der Waals surface area contributed by atoms with Crippen LogP contribution in [-0.2, 0) is 19.4 Å². The molecule has 6 nitrogen and oxygen atoms in total. The van der Waals surface area contributed by atoms with E-state index in [0.29, 0.717) is 0 Å². The van der Waals surface area contributed by atoms with Crippen LogP contribution in [0, 0.1) is 0 Å². The first kappa shape index (κ1) is 16.5. The van der Waals surface area contributed by atoms with Crippen LogP contribution < -0.4 is 10.2 Å². The molecule has 0 bridgehead atoms. The van der Waals surface area contributed by atoms with Gasteiger partial charge in [0.05, 0.1) is 0 Å². The quantitative estimate of drug-likeness (QED) is 0.653. The SMILES string of the molecule is CCCN=C(NCCn1cnnc1CC)N1CCc2ccccc21. The summed E-state index contributed by atoms with van der Waals surface area (Å²) in [4.78, 5) is 7.08. The number of aryl methyl sites for hydroxylation is 1. The van der Waals surface area contributed by atoms with Gasteiger partial charge < -0.3 is 14.8 Å². The van der Waals surface area contributed by atoms with Crippen molar-refractivity contribution in [3.63, 3.8) is 0 Å². The lowest BCUT2D eigenvalue weighted by molar-refractivity contribution is 0.636. The van der Waals surface area contributed by atoms with Gasteiger partial charge in [-0.2, -0.15) is 0 Å². The molecule has 1 aliphatic rings. The predicted octanol–water partition coefficient (Wildman–Crippen LogP) is 2.26. The first-order valence-corrected chi connectivity index (χ1v) is 8.84. The molecule has 128 valence electrons. The Morgan fingerprint density at radius 2 is 2.17 bits per heavy atom. The first-order valence-electron chi connectivity index (χ1n) is 8.84. The van der Waals surface area contributed by atoms with Crippen LogP contribution >= 0.6 is 0 Å². The van der Waals surface area contributed by atoms with Crippen LogP contribution in [0.5, 0.6) is 0 Å². The third-order valence-electron chi connectivity index (χ3n) is 4.28. The highest BCUT2D eigenvalue weighted by Crippen LogP contribution is 2.27. The van der Waals surface area contributed by atoms with E-state index in [1.807, 2.05) is 0 Å². The maximum absolute atomic E-state index is 4.78. The van der Waals surface area contributed by atoms with E-state index in [2.05, 4.69) is 63.1 Å². The molecule has 0 radical (unpaired) electrons. The standard InChI is InChI=1S/C18H26N6/c1-3-10-19-18(20-11-13-23-14-21-22-17(23)4-2)24-12-9-15-7-5-6-8-16(15)24/h5-8,14H,3-4,9-13H2,1-2H3,(H,19,20). The molecule has 1 aromatic heterocycles. The zero-order valence-electron chi connectivity index (χ0n) is 14.6. The number of rotatable bonds is 6. The molecule has 1 aromatic carbocycles. The lowest BCUT2D eigenvalue weighted by Gasteiger charge is -2.23. The van der Waals surface area contributed by atoms with Gasteiger partial charge in [-0.05, 0) is 24.5 Å². The molecule has 0 aliphatic carbocycles. The Bertz CT molecular complexity index is 690. The molecular formula is C18H26N6. The number of anilines is 1. The van der Waals surface area contributed by atoms with Crippen molar-refractivity contribution < 1.29 is 0 Å². The van der Waals surface area contributed by atoms with E-state index >= 15 is 0 Å². The summed E-state index contributed by atoms with van der Waals surface area (Å²) in [5.41, 5.74) is 2.67. The van der Waals surface area contributed by atoms with Gasteiger partial charge in [0.1, 0.15) is 12.2 Å². The van der Waals surface area contributed by atoms with Gasteiger partial charge in [0.25, 0.3) is 0 Å². The smallest absolute Gasteiger partial charge is 0.198 e. The number of nitrogens with one attached hydrogen (secondary N) is 1. The number of guanidine groups is 1. The van der Waals surface area contributed by atoms with Crippen molar-refractivity contribution in [2.75, 3.05) is 24.5 Å². The van der Waals surface area contributed by atoms with Crippen molar-refractivity contribution in [2.45, 2.75) is 39.7 Å². The highest BCUT2D eigenvalue weighted by molar-refractivity contribution is 5.97. The number of nitrogens with zero attached hydrogens (tertiary/aromatic N) is 5. The minimum Gasteiger partial charge on any atom is -0.354 e. The van der Waals surface area contributed by atoms with Crippen LogP contribution in [0.25, 0.3) is 0 Å². The number of aromatic nitrogens is 3. The molecule has 0 spiro atoms. The number of hydrogen-bond acceptors (Lipinski definition) is 3. The van der Waals surface area contributed by atoms with E-state index in [1.54, 1.807) is 6.33 Å². The fourth-order valence-corrected chi connectivity index (χ4v) is 3.04. The highest BCUT2D eigenvalue weighted by atomic mass is 15.3. The summed E-state index contributed by atoms with van der Waals surface area (Å²) in [6.07, 6.45) is 4.82. The monoisotopic (exact) mass is 326 g/mol. The van der Waals surface area contributed by atoms with Gasteiger partial charge in [-0.1, -0.05) is 32.0 Å². The zero-order valence-corrected chi connectivity index (χ0v) is 14.6. The van der Waals surface area contributed by atoms with Gasteiger partial charge in [-0.3, -0.25) is 4.99 Å². The molecule has 0 atom stereocenters. The van der Waals surface area contributed by atoms with Crippen molar-refractivity contribution in [1.29, 1.82) is 0 Å². The first-order chi connectivity index (χ1) is 11.8. The topological polar surface area (TPSA) is 58.3 Å². The molecule has 1 N–H and O–H groups in total. The van der Waals surface area contributed by atoms with Gasteiger partial charge in [-0.25, -0.2) is 0 Å². The molecule has 0 fully saturated rings. The highest BCUT2D eigenvalue weighted by Gasteiger charge is 2.22. The van der Waals surface area contributed by atoms with E-state index in [9.17, 15) is 0 Å². The van der Waals surface area contributed by atoms with Crippen LogP contribution in [0.1, 0.15) is 31.7 Å². The summed E-state index contributed by atoms with van der Waals surface area (Å²) >= 11 is 0. The molecule has 2 heterocycles. The Morgan fingerprint density at radius 3 is 3.00 bits per heavy atom. The van der Waals surface area contributed by atoms with Crippen molar-refractivity contribution in [3.05, 3.63) is 42.0 Å². The molecule has 3 rings (SSSR count). The molecule has 0 saturated carbocycles. The van der Waals surface area contributed by atoms with Crippen LogP contribution in [0.3, 0.4) is 0 Å². The lowest BCUT2D eigenvalue weighted by Crippen LogP contribution is -2.42. The van der Waals surface area contributed by atoms with Gasteiger partial charge in [0, 0.05) is 38.3 Å². The second kappa shape index (κ2) is 7.95. The average molecular weight is 326 g/mol. The molecule has 0 amide bonds. The Balaban J connectivity index is 1.67. The Morgan fingerprint density at radius 1 is 1.29 bits per heavy atom.